The van der Waals surface area contributed by atoms with Crippen molar-refractivity contribution >= 4 is 34.4 Å². The van der Waals surface area contributed by atoms with E-state index in [1.54, 1.807) is 0 Å². The Morgan fingerprint density at radius 2 is 1.27 bits per heavy atom. The highest BCUT2D eigenvalue weighted by atomic mass is 15.1. The second kappa shape index (κ2) is 17.8. The molecule has 0 spiro atoms. The number of fused-ring (bicyclic) bond motifs is 4. The molecule has 3 nitrogen and oxygen atoms in total. The van der Waals surface area contributed by atoms with Crippen LogP contribution in [0.5, 0.6) is 0 Å². The molecule has 1 aliphatic heterocycles. The van der Waals surface area contributed by atoms with Gasteiger partial charge in [-0.15, -0.1) is 0 Å². The lowest BCUT2D eigenvalue weighted by Gasteiger charge is -2.27. The standard InChI is InChI=1S/C26H25N.C24H20N2.C2H6/c1-20-9-8-18-27(26-13-7-6-12-25(26)21(2)19-20)24-16-14-23(15-17-24)22-10-4-3-5-11-22;1-3-10-18(11-4-1)21-14-9-17-24(25-21)26-22-15-6-2-5-12-19(22)20-13-7-8-16-23(20)26;1-2/h3-17,19,21H,18H2,1-2H3;1,3-4,7-17H,2,5-6H2;1-2H3/b9-8-,20-19-;;. The van der Waals surface area contributed by atoms with Gasteiger partial charge < -0.3 is 4.90 Å². The molecule has 0 saturated carbocycles. The van der Waals surface area contributed by atoms with Crippen LogP contribution < -0.4 is 15.5 Å². The summed E-state index contributed by atoms with van der Waals surface area (Å²) in [5, 5.41) is 3.94. The molecule has 0 fully saturated rings. The summed E-state index contributed by atoms with van der Waals surface area (Å²) >= 11 is 0. The van der Waals surface area contributed by atoms with Gasteiger partial charge in [0.1, 0.15) is 5.82 Å². The minimum Gasteiger partial charge on any atom is -0.337 e. The average molecular weight is 718 g/mol. The highest BCUT2D eigenvalue weighted by Gasteiger charge is 2.17. The minimum atomic E-state index is 0.384. The van der Waals surface area contributed by atoms with Crippen molar-refractivity contribution in [2.24, 2.45) is 0 Å². The first kappa shape index (κ1) is 37.1. The molecule has 1 atom stereocenters. The van der Waals surface area contributed by atoms with E-state index in [2.05, 4.69) is 199 Å². The van der Waals surface area contributed by atoms with Crippen LogP contribution in [0.25, 0.3) is 51.3 Å². The maximum absolute atomic E-state index is 5.00. The topological polar surface area (TPSA) is 21.1 Å². The smallest absolute Gasteiger partial charge is 0.138 e. The molecule has 1 aliphatic carbocycles. The van der Waals surface area contributed by atoms with Crippen LogP contribution >= 0.6 is 0 Å². The molecule has 0 bridgehead atoms. The van der Waals surface area contributed by atoms with Gasteiger partial charge in [-0.25, -0.2) is 4.98 Å². The molecule has 2 aliphatic rings. The fourth-order valence-corrected chi connectivity index (χ4v) is 7.68. The molecule has 5 aromatic carbocycles. The molecular formula is C52H51N3. The summed E-state index contributed by atoms with van der Waals surface area (Å²) in [5.41, 5.74) is 11.1. The lowest BCUT2D eigenvalue weighted by Crippen LogP contribution is -2.28. The Bertz CT molecular complexity index is 2520. The number of para-hydroxylation sites is 2. The van der Waals surface area contributed by atoms with Gasteiger partial charge in [-0.05, 0) is 79.3 Å². The zero-order valence-corrected chi connectivity index (χ0v) is 32.6. The van der Waals surface area contributed by atoms with Crippen molar-refractivity contribution in [1.29, 1.82) is 0 Å². The first-order valence-corrected chi connectivity index (χ1v) is 19.8. The third-order valence-electron chi connectivity index (χ3n) is 10.3. The van der Waals surface area contributed by atoms with E-state index in [1.807, 2.05) is 19.9 Å². The quantitative estimate of drug-likeness (QED) is 0.181. The van der Waals surface area contributed by atoms with E-state index in [0.29, 0.717) is 5.92 Å². The Morgan fingerprint density at radius 1 is 0.618 bits per heavy atom. The molecule has 3 heterocycles. The van der Waals surface area contributed by atoms with Crippen LogP contribution in [-0.4, -0.2) is 16.1 Å². The molecule has 1 unspecified atom stereocenters. The van der Waals surface area contributed by atoms with Crippen LogP contribution in [0.2, 0.25) is 0 Å². The summed E-state index contributed by atoms with van der Waals surface area (Å²) in [4.78, 5) is 7.41. The number of rotatable bonds is 4. The van der Waals surface area contributed by atoms with Crippen molar-refractivity contribution in [1.82, 2.24) is 9.55 Å². The maximum atomic E-state index is 5.00. The Morgan fingerprint density at radius 3 is 2.05 bits per heavy atom. The number of aromatic nitrogens is 2. The summed E-state index contributed by atoms with van der Waals surface area (Å²) < 4.78 is 2.32. The van der Waals surface area contributed by atoms with Crippen molar-refractivity contribution in [2.75, 3.05) is 11.4 Å². The number of nitrogens with zero attached hydrogens (tertiary/aromatic N) is 3. The molecule has 55 heavy (non-hydrogen) atoms. The monoisotopic (exact) mass is 717 g/mol. The van der Waals surface area contributed by atoms with E-state index < -0.39 is 0 Å². The fraction of sp³-hybridized carbons (Fsp3) is 0.173. The van der Waals surface area contributed by atoms with E-state index in [-0.39, 0.29) is 0 Å². The Labute approximate surface area is 327 Å². The molecule has 2 aromatic heterocycles. The predicted molar refractivity (Wildman–Crippen MR) is 237 cm³/mol. The number of pyridine rings is 1. The van der Waals surface area contributed by atoms with E-state index in [4.69, 9.17) is 4.98 Å². The van der Waals surface area contributed by atoms with Gasteiger partial charge in [0.2, 0.25) is 0 Å². The van der Waals surface area contributed by atoms with Gasteiger partial charge in [0.15, 0.2) is 0 Å². The summed E-state index contributed by atoms with van der Waals surface area (Å²) in [6.45, 7) is 9.32. The number of allylic oxidation sites excluding steroid dienone is 3. The van der Waals surface area contributed by atoms with E-state index >= 15 is 0 Å². The highest BCUT2D eigenvalue weighted by molar-refractivity contribution is 5.84. The normalized spacial score (nSPS) is 16.3. The number of benzene rings is 5. The molecule has 0 radical (unpaired) electrons. The van der Waals surface area contributed by atoms with Gasteiger partial charge in [-0.2, -0.15) is 0 Å². The Balaban J connectivity index is 0.000000162. The van der Waals surface area contributed by atoms with Crippen molar-refractivity contribution < 1.29 is 0 Å². The zero-order chi connectivity index (χ0) is 38.0. The third-order valence-corrected chi connectivity index (χ3v) is 10.3. The summed E-state index contributed by atoms with van der Waals surface area (Å²) in [5.74, 6) is 1.37. The van der Waals surface area contributed by atoms with Crippen LogP contribution in [-0.2, 0) is 0 Å². The van der Waals surface area contributed by atoms with Crippen LogP contribution in [0.15, 0.2) is 175 Å². The fourth-order valence-electron chi connectivity index (χ4n) is 7.68. The maximum Gasteiger partial charge on any atom is 0.138 e. The average Bonchev–Trinajstić information content (AvgIpc) is 3.40. The van der Waals surface area contributed by atoms with Crippen LogP contribution in [0.3, 0.4) is 0 Å². The second-order valence-corrected chi connectivity index (χ2v) is 13.9. The van der Waals surface area contributed by atoms with Gasteiger partial charge in [0, 0.05) is 40.0 Å². The lowest BCUT2D eigenvalue weighted by molar-refractivity contribution is 0.919. The van der Waals surface area contributed by atoms with Gasteiger partial charge in [0.05, 0.1) is 16.6 Å². The number of hydrogen-bond donors (Lipinski definition) is 0. The van der Waals surface area contributed by atoms with Gasteiger partial charge in [-0.3, -0.25) is 4.57 Å². The van der Waals surface area contributed by atoms with Crippen LogP contribution in [0, 0.1) is 0 Å². The summed E-state index contributed by atoms with van der Waals surface area (Å²) in [6, 6.07) is 53.5. The van der Waals surface area contributed by atoms with Crippen molar-refractivity contribution in [3.05, 3.63) is 192 Å². The second-order valence-electron chi connectivity index (χ2n) is 13.9. The largest absolute Gasteiger partial charge is 0.337 e. The molecule has 3 heteroatoms. The van der Waals surface area contributed by atoms with Gasteiger partial charge in [-0.1, -0.05) is 172 Å². The molecule has 0 saturated heterocycles. The van der Waals surface area contributed by atoms with Crippen molar-refractivity contribution in [3.8, 4) is 28.2 Å². The molecule has 7 aromatic rings. The molecule has 0 N–H and O–H groups in total. The van der Waals surface area contributed by atoms with Crippen LogP contribution in [0.1, 0.15) is 58.4 Å². The Hall–Kier alpha value is -6.19. The molecule has 9 rings (SSSR count). The van der Waals surface area contributed by atoms with E-state index in [9.17, 15) is 0 Å². The first-order valence-electron chi connectivity index (χ1n) is 19.8. The van der Waals surface area contributed by atoms with Crippen molar-refractivity contribution in [3.63, 3.8) is 0 Å². The van der Waals surface area contributed by atoms with Crippen LogP contribution in [0.4, 0.5) is 11.4 Å². The van der Waals surface area contributed by atoms with Crippen molar-refractivity contribution in [2.45, 2.75) is 52.9 Å². The van der Waals surface area contributed by atoms with E-state index in [0.717, 1.165) is 36.5 Å². The summed E-state index contributed by atoms with van der Waals surface area (Å²) in [6.07, 6.45) is 15.0. The lowest BCUT2D eigenvalue weighted by atomic mass is 9.96. The molecular weight excluding hydrogens is 667 g/mol. The predicted octanol–water partition coefficient (Wildman–Crippen LogP) is 12.6. The summed E-state index contributed by atoms with van der Waals surface area (Å²) in [7, 11) is 0. The number of hydrogen-bond acceptors (Lipinski definition) is 2. The SMILES string of the molecule is C1=c2c(n(-c3cccc(-c4ccccc4)n3)c3ccccc23)=CCCC1.CC.CC1=C/C(C)c2ccccc2N(c2ccc(-c3ccccc3)cc2)C/C=C\1. The van der Waals surface area contributed by atoms with E-state index in [1.165, 1.54) is 61.5 Å². The Kier molecular flexibility index (Phi) is 12.0. The van der Waals surface area contributed by atoms with Gasteiger partial charge >= 0.3 is 0 Å². The first-order chi connectivity index (χ1) is 27.1. The van der Waals surface area contributed by atoms with Gasteiger partial charge in [0.25, 0.3) is 0 Å². The number of anilines is 2. The minimum absolute atomic E-state index is 0.384. The third kappa shape index (κ3) is 8.32. The molecule has 274 valence electrons. The molecule has 0 amide bonds. The zero-order valence-electron chi connectivity index (χ0n) is 32.6. The highest BCUT2D eigenvalue weighted by Crippen LogP contribution is 2.35.